The van der Waals surface area contributed by atoms with Gasteiger partial charge in [-0.3, -0.25) is 4.79 Å². The van der Waals surface area contributed by atoms with Crippen LogP contribution in [0.4, 0.5) is 5.69 Å². The first-order valence-corrected chi connectivity index (χ1v) is 10.1. The number of nitrogens with zero attached hydrogens (tertiary/aromatic N) is 1. The van der Waals surface area contributed by atoms with Gasteiger partial charge in [0.25, 0.3) is 5.91 Å². The lowest BCUT2D eigenvalue weighted by molar-refractivity contribution is 0.103. The van der Waals surface area contributed by atoms with Crippen LogP contribution in [0, 0.1) is 6.92 Å². The summed E-state index contributed by atoms with van der Waals surface area (Å²) >= 11 is 1.44. The first-order chi connectivity index (χ1) is 14.2. The molecule has 0 unspecified atom stereocenters. The maximum atomic E-state index is 13.2. The summed E-state index contributed by atoms with van der Waals surface area (Å²) in [4.78, 5) is 13.8. The summed E-state index contributed by atoms with van der Waals surface area (Å²) < 4.78 is 12.7. The molecule has 0 saturated carbocycles. The molecule has 6 heteroatoms. The van der Waals surface area contributed by atoms with Crippen LogP contribution in [0.5, 0.6) is 11.5 Å². The number of benzene rings is 2. The molecular weight excluding hydrogens is 384 g/mol. The number of amides is 1. The van der Waals surface area contributed by atoms with Crippen LogP contribution in [0.1, 0.15) is 15.2 Å². The molecule has 144 valence electrons. The SMILES string of the molecule is Cc1cccc(-c2csc(C(=O)Nc3ccc4c(c3)OCO4)c2-n2cccc2)c1. The summed E-state index contributed by atoms with van der Waals surface area (Å²) in [5.41, 5.74) is 4.85. The smallest absolute Gasteiger partial charge is 0.267 e. The Kier molecular flexibility index (Phi) is 4.33. The van der Waals surface area contributed by atoms with Crippen molar-refractivity contribution in [2.24, 2.45) is 0 Å². The summed E-state index contributed by atoms with van der Waals surface area (Å²) in [5, 5.41) is 5.03. The minimum absolute atomic E-state index is 0.156. The zero-order valence-electron chi connectivity index (χ0n) is 15.7. The Hall–Kier alpha value is -3.51. The minimum atomic E-state index is -0.156. The van der Waals surface area contributed by atoms with Crippen molar-refractivity contribution in [3.63, 3.8) is 0 Å². The first-order valence-electron chi connectivity index (χ1n) is 9.22. The zero-order chi connectivity index (χ0) is 19.8. The highest BCUT2D eigenvalue weighted by molar-refractivity contribution is 7.13. The number of aryl methyl sites for hydroxylation is 1. The van der Waals surface area contributed by atoms with E-state index in [0.717, 1.165) is 16.8 Å². The Balaban J connectivity index is 1.54. The molecule has 1 aliphatic heterocycles. The number of ether oxygens (including phenoxy) is 2. The van der Waals surface area contributed by atoms with Crippen molar-refractivity contribution in [3.8, 4) is 28.3 Å². The fourth-order valence-electron chi connectivity index (χ4n) is 3.43. The van der Waals surface area contributed by atoms with E-state index in [4.69, 9.17) is 9.47 Å². The number of nitrogens with one attached hydrogen (secondary N) is 1. The molecule has 1 N–H and O–H groups in total. The van der Waals surface area contributed by atoms with Crippen molar-refractivity contribution in [1.29, 1.82) is 0 Å². The van der Waals surface area contributed by atoms with Gasteiger partial charge in [0.15, 0.2) is 11.5 Å². The molecule has 0 atom stereocenters. The molecule has 0 spiro atoms. The van der Waals surface area contributed by atoms with Crippen molar-refractivity contribution in [1.82, 2.24) is 4.57 Å². The van der Waals surface area contributed by atoms with Gasteiger partial charge in [-0.2, -0.15) is 0 Å². The van der Waals surface area contributed by atoms with Crippen LogP contribution in [0.15, 0.2) is 72.4 Å². The van der Waals surface area contributed by atoms with Crippen molar-refractivity contribution >= 4 is 22.9 Å². The molecule has 5 nitrogen and oxygen atoms in total. The second-order valence-corrected chi connectivity index (χ2v) is 7.69. The van der Waals surface area contributed by atoms with Crippen molar-refractivity contribution in [2.45, 2.75) is 6.92 Å². The third-order valence-electron chi connectivity index (χ3n) is 4.79. The van der Waals surface area contributed by atoms with Crippen LogP contribution >= 0.6 is 11.3 Å². The molecule has 5 rings (SSSR count). The Labute approximate surface area is 172 Å². The summed E-state index contributed by atoms with van der Waals surface area (Å²) in [6.07, 6.45) is 3.91. The molecule has 3 heterocycles. The molecule has 0 aliphatic carbocycles. The van der Waals surface area contributed by atoms with E-state index < -0.39 is 0 Å². The Bertz CT molecular complexity index is 1190. The van der Waals surface area contributed by atoms with Crippen LogP contribution in [0.3, 0.4) is 0 Å². The standard InChI is InChI=1S/C23H18N2O3S/c1-15-5-4-6-16(11-15)18-13-29-22(21(18)25-9-2-3-10-25)23(26)24-17-7-8-19-20(12-17)28-14-27-19/h2-13H,14H2,1H3,(H,24,26). The number of anilines is 1. The maximum absolute atomic E-state index is 13.2. The number of hydrogen-bond donors (Lipinski definition) is 1. The highest BCUT2D eigenvalue weighted by atomic mass is 32.1. The van der Waals surface area contributed by atoms with Crippen molar-refractivity contribution < 1.29 is 14.3 Å². The molecule has 0 fully saturated rings. The van der Waals surface area contributed by atoms with Gasteiger partial charge in [-0.15, -0.1) is 11.3 Å². The molecule has 1 amide bonds. The van der Waals surface area contributed by atoms with E-state index in [-0.39, 0.29) is 12.7 Å². The summed E-state index contributed by atoms with van der Waals surface area (Å²) in [7, 11) is 0. The first kappa shape index (κ1) is 17.6. The van der Waals surface area contributed by atoms with Crippen LogP contribution in [0.2, 0.25) is 0 Å². The van der Waals surface area contributed by atoms with Crippen LogP contribution < -0.4 is 14.8 Å². The molecular formula is C23H18N2O3S. The van der Waals surface area contributed by atoms with Crippen LogP contribution in [-0.4, -0.2) is 17.3 Å². The van der Waals surface area contributed by atoms with E-state index in [1.165, 1.54) is 16.9 Å². The van der Waals surface area contributed by atoms with Gasteiger partial charge in [-0.1, -0.05) is 29.8 Å². The second-order valence-electron chi connectivity index (χ2n) is 6.81. The predicted molar refractivity (Wildman–Crippen MR) is 114 cm³/mol. The van der Waals surface area contributed by atoms with Crippen molar-refractivity contribution in [2.75, 3.05) is 12.1 Å². The molecule has 2 aromatic heterocycles. The van der Waals surface area contributed by atoms with Gasteiger partial charge < -0.3 is 19.4 Å². The van der Waals surface area contributed by atoms with Gasteiger partial charge in [-0.05, 0) is 36.8 Å². The monoisotopic (exact) mass is 402 g/mol. The number of fused-ring (bicyclic) bond motifs is 1. The van der Waals surface area contributed by atoms with Crippen molar-refractivity contribution in [3.05, 3.63) is 82.8 Å². The Morgan fingerprint density at radius 2 is 1.86 bits per heavy atom. The van der Waals surface area contributed by atoms with Gasteiger partial charge >= 0.3 is 0 Å². The number of carbonyl (C=O) groups excluding carboxylic acids is 1. The molecule has 0 saturated heterocycles. The van der Waals surface area contributed by atoms with E-state index in [1.807, 2.05) is 46.6 Å². The van der Waals surface area contributed by atoms with Crippen LogP contribution in [-0.2, 0) is 0 Å². The lowest BCUT2D eigenvalue weighted by atomic mass is 10.0. The lowest BCUT2D eigenvalue weighted by Gasteiger charge is -2.11. The number of hydrogen-bond acceptors (Lipinski definition) is 4. The quantitative estimate of drug-likeness (QED) is 0.491. The van der Waals surface area contributed by atoms with E-state index in [0.29, 0.717) is 22.1 Å². The molecule has 2 aromatic carbocycles. The van der Waals surface area contributed by atoms with Crippen LogP contribution in [0.25, 0.3) is 16.8 Å². The number of thiophene rings is 1. The molecule has 0 bridgehead atoms. The normalized spacial score (nSPS) is 12.2. The number of aromatic nitrogens is 1. The highest BCUT2D eigenvalue weighted by Gasteiger charge is 2.21. The van der Waals surface area contributed by atoms with Gasteiger partial charge in [0.2, 0.25) is 6.79 Å². The van der Waals surface area contributed by atoms with E-state index in [1.54, 1.807) is 12.1 Å². The van der Waals surface area contributed by atoms with Gasteiger partial charge in [0, 0.05) is 35.1 Å². The second kappa shape index (κ2) is 7.14. The fraction of sp³-hybridized carbons (Fsp3) is 0.0870. The third-order valence-corrected chi connectivity index (χ3v) is 5.76. The van der Waals surface area contributed by atoms with Gasteiger partial charge in [-0.25, -0.2) is 0 Å². The average molecular weight is 402 g/mol. The Morgan fingerprint density at radius 3 is 2.69 bits per heavy atom. The molecule has 4 aromatic rings. The van der Waals surface area contributed by atoms with E-state index in [9.17, 15) is 4.79 Å². The number of rotatable bonds is 4. The lowest BCUT2D eigenvalue weighted by Crippen LogP contribution is -2.13. The summed E-state index contributed by atoms with van der Waals surface area (Å²) in [6, 6.07) is 17.6. The topological polar surface area (TPSA) is 52.5 Å². The maximum Gasteiger partial charge on any atom is 0.267 e. The largest absolute Gasteiger partial charge is 0.454 e. The highest BCUT2D eigenvalue weighted by Crippen LogP contribution is 2.37. The van der Waals surface area contributed by atoms with Gasteiger partial charge in [0.1, 0.15) is 4.88 Å². The summed E-state index contributed by atoms with van der Waals surface area (Å²) in [5.74, 6) is 1.17. The molecule has 29 heavy (non-hydrogen) atoms. The predicted octanol–water partition coefficient (Wildman–Crippen LogP) is 5.50. The van der Waals surface area contributed by atoms with Gasteiger partial charge in [0.05, 0.1) is 5.69 Å². The fourth-order valence-corrected chi connectivity index (χ4v) is 4.40. The number of carbonyl (C=O) groups is 1. The van der Waals surface area contributed by atoms with E-state index in [2.05, 4.69) is 30.4 Å². The Morgan fingerprint density at radius 1 is 1.03 bits per heavy atom. The molecule has 0 radical (unpaired) electrons. The average Bonchev–Trinajstić information content (AvgIpc) is 3.46. The zero-order valence-corrected chi connectivity index (χ0v) is 16.5. The minimum Gasteiger partial charge on any atom is -0.454 e. The summed E-state index contributed by atoms with van der Waals surface area (Å²) in [6.45, 7) is 2.27. The third kappa shape index (κ3) is 3.28. The molecule has 1 aliphatic rings. The van der Waals surface area contributed by atoms with E-state index >= 15 is 0 Å².